The van der Waals surface area contributed by atoms with Gasteiger partial charge >= 0.3 is 0 Å². The van der Waals surface area contributed by atoms with Crippen molar-refractivity contribution in [2.75, 3.05) is 37.7 Å². The maximum atomic E-state index is 11.3. The van der Waals surface area contributed by atoms with Crippen molar-refractivity contribution >= 4 is 28.9 Å². The van der Waals surface area contributed by atoms with Gasteiger partial charge in [-0.1, -0.05) is 18.5 Å². The summed E-state index contributed by atoms with van der Waals surface area (Å²) in [5.74, 6) is -0.546. The van der Waals surface area contributed by atoms with Gasteiger partial charge in [-0.3, -0.25) is 4.79 Å². The van der Waals surface area contributed by atoms with Crippen LogP contribution in [-0.2, 0) is 0 Å². The fourth-order valence-corrected chi connectivity index (χ4v) is 1.83. The van der Waals surface area contributed by atoms with Crippen molar-refractivity contribution in [3.63, 3.8) is 0 Å². The molecule has 0 aliphatic rings. The lowest BCUT2D eigenvalue weighted by atomic mass is 10.1. The first-order valence-electron chi connectivity index (χ1n) is 5.77. The van der Waals surface area contributed by atoms with Gasteiger partial charge in [0.05, 0.1) is 16.3 Å². The van der Waals surface area contributed by atoms with Crippen molar-refractivity contribution in [3.8, 4) is 0 Å². The number of amides is 1. The van der Waals surface area contributed by atoms with Gasteiger partial charge < -0.3 is 21.7 Å². The van der Waals surface area contributed by atoms with Crippen LogP contribution in [0.2, 0.25) is 5.02 Å². The predicted octanol–water partition coefficient (Wildman–Crippen LogP) is 1.38. The Kier molecular flexibility index (Phi) is 5.25. The minimum Gasteiger partial charge on any atom is -0.399 e. The van der Waals surface area contributed by atoms with Gasteiger partial charge in [-0.15, -0.1) is 0 Å². The number of carbonyl (C=O) groups excluding carboxylic acids is 1. The van der Waals surface area contributed by atoms with E-state index in [-0.39, 0.29) is 0 Å². The number of rotatable bonds is 6. The van der Waals surface area contributed by atoms with Crippen LogP contribution in [0.3, 0.4) is 0 Å². The summed E-state index contributed by atoms with van der Waals surface area (Å²) in [6, 6.07) is 3.12. The predicted molar refractivity (Wildman–Crippen MR) is 76.0 cm³/mol. The molecular formula is C12H19ClN4O. The second-order valence-corrected chi connectivity index (χ2v) is 4.52. The van der Waals surface area contributed by atoms with E-state index in [1.807, 2.05) is 7.05 Å². The van der Waals surface area contributed by atoms with Crippen molar-refractivity contribution in [3.05, 3.63) is 22.7 Å². The molecule has 5 N–H and O–H groups in total. The number of halogens is 1. The summed E-state index contributed by atoms with van der Waals surface area (Å²) in [4.78, 5) is 13.5. The maximum absolute atomic E-state index is 11.3. The van der Waals surface area contributed by atoms with Crippen LogP contribution >= 0.6 is 11.6 Å². The number of nitrogens with zero attached hydrogens (tertiary/aromatic N) is 1. The van der Waals surface area contributed by atoms with Gasteiger partial charge in [0.25, 0.3) is 5.91 Å². The first kappa shape index (κ1) is 14.6. The van der Waals surface area contributed by atoms with E-state index < -0.39 is 5.91 Å². The third-order valence-corrected chi connectivity index (χ3v) is 3.01. The summed E-state index contributed by atoms with van der Waals surface area (Å²) in [6.07, 6.45) is 0. The third kappa shape index (κ3) is 3.78. The summed E-state index contributed by atoms with van der Waals surface area (Å²) in [5, 5.41) is 3.53. The van der Waals surface area contributed by atoms with Crippen molar-refractivity contribution in [2.24, 2.45) is 5.73 Å². The van der Waals surface area contributed by atoms with Gasteiger partial charge in [-0.2, -0.15) is 0 Å². The minimum atomic E-state index is -0.546. The number of likely N-dealkylation sites (N-methyl/N-ethyl adjacent to an activating group) is 1. The van der Waals surface area contributed by atoms with Gasteiger partial charge in [-0.05, 0) is 25.7 Å². The Bertz CT molecular complexity index is 436. The molecule has 0 bridgehead atoms. The van der Waals surface area contributed by atoms with E-state index in [1.165, 1.54) is 6.07 Å². The van der Waals surface area contributed by atoms with Crippen LogP contribution < -0.4 is 16.8 Å². The van der Waals surface area contributed by atoms with Crippen molar-refractivity contribution in [1.82, 2.24) is 4.90 Å². The largest absolute Gasteiger partial charge is 0.399 e. The molecule has 6 heteroatoms. The standard InChI is InChI=1S/C12H19ClN4O/c1-3-17(2)5-4-16-11-9(12(15)18)6-8(14)7-10(11)13/h6-7,16H,3-5,14H2,1-2H3,(H2,15,18). The van der Waals surface area contributed by atoms with Gasteiger partial charge in [0.1, 0.15) is 0 Å². The van der Waals surface area contributed by atoms with E-state index in [0.29, 0.717) is 28.5 Å². The molecule has 0 aromatic heterocycles. The molecule has 0 atom stereocenters. The Balaban J connectivity index is 2.84. The highest BCUT2D eigenvalue weighted by atomic mass is 35.5. The molecule has 18 heavy (non-hydrogen) atoms. The minimum absolute atomic E-state index is 0.319. The molecule has 0 heterocycles. The Morgan fingerprint density at radius 2 is 2.17 bits per heavy atom. The topological polar surface area (TPSA) is 84.4 Å². The van der Waals surface area contributed by atoms with E-state index >= 15 is 0 Å². The molecule has 1 rings (SSSR count). The van der Waals surface area contributed by atoms with E-state index in [0.717, 1.165) is 13.1 Å². The van der Waals surface area contributed by atoms with E-state index in [9.17, 15) is 4.79 Å². The molecule has 1 aromatic rings. The average molecular weight is 271 g/mol. The molecule has 0 radical (unpaired) electrons. The Morgan fingerprint density at radius 1 is 1.50 bits per heavy atom. The molecule has 0 unspecified atom stereocenters. The number of nitrogens with two attached hydrogens (primary N) is 2. The molecule has 0 spiro atoms. The van der Waals surface area contributed by atoms with Gasteiger partial charge in [0.2, 0.25) is 0 Å². The number of hydrogen-bond donors (Lipinski definition) is 3. The number of carbonyl (C=O) groups is 1. The lowest BCUT2D eigenvalue weighted by Crippen LogP contribution is -2.25. The number of hydrogen-bond acceptors (Lipinski definition) is 4. The lowest BCUT2D eigenvalue weighted by Gasteiger charge is -2.17. The lowest BCUT2D eigenvalue weighted by molar-refractivity contribution is 0.100. The smallest absolute Gasteiger partial charge is 0.250 e. The fourth-order valence-electron chi connectivity index (χ4n) is 1.53. The number of benzene rings is 1. The van der Waals surface area contributed by atoms with Crippen LogP contribution in [0.1, 0.15) is 17.3 Å². The zero-order valence-corrected chi connectivity index (χ0v) is 11.4. The molecule has 1 aromatic carbocycles. The van der Waals surface area contributed by atoms with Gasteiger partial charge in [0.15, 0.2) is 0 Å². The quantitative estimate of drug-likeness (QED) is 0.682. The van der Waals surface area contributed by atoms with E-state index in [2.05, 4.69) is 17.1 Å². The van der Waals surface area contributed by atoms with Crippen LogP contribution in [0.25, 0.3) is 0 Å². The van der Waals surface area contributed by atoms with Crippen molar-refractivity contribution < 1.29 is 4.79 Å². The van der Waals surface area contributed by atoms with Gasteiger partial charge in [0, 0.05) is 18.8 Å². The summed E-state index contributed by atoms with van der Waals surface area (Å²) in [7, 11) is 2.02. The van der Waals surface area contributed by atoms with Crippen molar-refractivity contribution in [1.29, 1.82) is 0 Å². The highest BCUT2D eigenvalue weighted by Gasteiger charge is 2.13. The molecule has 0 aliphatic carbocycles. The van der Waals surface area contributed by atoms with Crippen LogP contribution in [0.15, 0.2) is 12.1 Å². The number of nitrogen functional groups attached to an aromatic ring is 1. The molecule has 0 aliphatic heterocycles. The molecule has 100 valence electrons. The summed E-state index contributed by atoms with van der Waals surface area (Å²) < 4.78 is 0. The third-order valence-electron chi connectivity index (χ3n) is 2.71. The highest BCUT2D eigenvalue weighted by molar-refractivity contribution is 6.34. The zero-order chi connectivity index (χ0) is 13.7. The average Bonchev–Trinajstić information content (AvgIpc) is 2.30. The zero-order valence-electron chi connectivity index (χ0n) is 10.7. The SMILES string of the molecule is CCN(C)CCNc1c(Cl)cc(N)cc1C(N)=O. The molecule has 0 saturated carbocycles. The number of nitrogens with one attached hydrogen (secondary N) is 1. The Hall–Kier alpha value is -1.46. The summed E-state index contributed by atoms with van der Waals surface area (Å²) in [5.41, 5.74) is 12.2. The number of primary amides is 1. The highest BCUT2D eigenvalue weighted by Crippen LogP contribution is 2.28. The van der Waals surface area contributed by atoms with Gasteiger partial charge in [-0.25, -0.2) is 0 Å². The maximum Gasteiger partial charge on any atom is 0.250 e. The normalized spacial score (nSPS) is 10.7. The summed E-state index contributed by atoms with van der Waals surface area (Å²) >= 11 is 6.06. The molecule has 0 fully saturated rings. The second-order valence-electron chi connectivity index (χ2n) is 4.11. The van der Waals surface area contributed by atoms with E-state index in [4.69, 9.17) is 23.1 Å². The Labute approximate surface area is 112 Å². The molecule has 0 saturated heterocycles. The van der Waals surface area contributed by atoms with Crippen LogP contribution in [0.4, 0.5) is 11.4 Å². The molecule has 1 amide bonds. The van der Waals surface area contributed by atoms with E-state index in [1.54, 1.807) is 6.07 Å². The first-order valence-corrected chi connectivity index (χ1v) is 6.14. The van der Waals surface area contributed by atoms with Crippen LogP contribution in [-0.4, -0.2) is 37.5 Å². The summed E-state index contributed by atoms with van der Waals surface area (Å²) in [6.45, 7) is 4.55. The van der Waals surface area contributed by atoms with Crippen molar-refractivity contribution in [2.45, 2.75) is 6.92 Å². The molecule has 5 nitrogen and oxygen atoms in total. The second kappa shape index (κ2) is 6.47. The Morgan fingerprint density at radius 3 is 2.72 bits per heavy atom. The first-order chi connectivity index (χ1) is 8.45. The molecular weight excluding hydrogens is 252 g/mol. The number of anilines is 2. The van der Waals surface area contributed by atoms with Crippen LogP contribution in [0.5, 0.6) is 0 Å². The monoisotopic (exact) mass is 270 g/mol. The fraction of sp³-hybridized carbons (Fsp3) is 0.417. The van der Waals surface area contributed by atoms with Crippen LogP contribution in [0, 0.1) is 0 Å².